The molecule has 5 nitrogen and oxygen atoms in total. The molecule has 1 N–H and O–H groups in total. The van der Waals surface area contributed by atoms with Crippen LogP contribution in [0.5, 0.6) is 0 Å². The van der Waals surface area contributed by atoms with Crippen molar-refractivity contribution in [1.82, 2.24) is 5.32 Å². The van der Waals surface area contributed by atoms with E-state index in [9.17, 15) is 4.79 Å². The Bertz CT molecular complexity index is 220. The quantitative estimate of drug-likeness (QED) is 0.493. The third-order valence-corrected chi connectivity index (χ3v) is 6.61. The highest BCUT2D eigenvalue weighted by molar-refractivity contribution is 6.67. The minimum absolute atomic E-state index is 0.372. The second-order valence-corrected chi connectivity index (χ2v) is 7.61. The lowest BCUT2D eigenvalue weighted by Gasteiger charge is -2.28. The summed E-state index contributed by atoms with van der Waals surface area (Å²) in [5.41, 5.74) is 0. The Morgan fingerprint density at radius 1 is 1.11 bits per heavy atom. The molecule has 0 heterocycles. The van der Waals surface area contributed by atoms with Crippen LogP contribution in [0, 0.1) is 0 Å². The Hall–Kier alpha value is -0.593. The molecule has 0 unspecified atom stereocenters. The standard InChI is InChI=1S/C12H27NO4Si/c1-5-16-18(7-3,17-6-2)11-9-8-10-13-12(14)15-4/h5-11H2,1-4H3,(H,13,14). The Labute approximate surface area is 111 Å². The van der Waals surface area contributed by atoms with Crippen molar-refractivity contribution in [2.75, 3.05) is 26.9 Å². The first-order valence-corrected chi connectivity index (χ1v) is 8.96. The van der Waals surface area contributed by atoms with E-state index in [2.05, 4.69) is 17.0 Å². The molecule has 0 aliphatic carbocycles. The van der Waals surface area contributed by atoms with E-state index in [1.54, 1.807) is 0 Å². The lowest BCUT2D eigenvalue weighted by molar-refractivity contribution is 0.170. The van der Waals surface area contributed by atoms with E-state index in [4.69, 9.17) is 8.85 Å². The topological polar surface area (TPSA) is 56.8 Å². The van der Waals surface area contributed by atoms with Crippen molar-refractivity contribution in [3.05, 3.63) is 0 Å². The minimum atomic E-state index is -2.00. The molecule has 0 aromatic carbocycles. The van der Waals surface area contributed by atoms with E-state index < -0.39 is 8.56 Å². The van der Waals surface area contributed by atoms with Crippen molar-refractivity contribution in [2.24, 2.45) is 0 Å². The molecular formula is C12H27NO4Si. The molecule has 0 spiro atoms. The van der Waals surface area contributed by atoms with Crippen LogP contribution < -0.4 is 5.32 Å². The van der Waals surface area contributed by atoms with Gasteiger partial charge in [-0.05, 0) is 38.8 Å². The van der Waals surface area contributed by atoms with Crippen LogP contribution in [0.1, 0.15) is 33.6 Å². The van der Waals surface area contributed by atoms with Gasteiger partial charge in [0, 0.05) is 19.8 Å². The lowest BCUT2D eigenvalue weighted by atomic mass is 10.3. The van der Waals surface area contributed by atoms with Crippen LogP contribution in [0.4, 0.5) is 4.79 Å². The molecule has 0 saturated heterocycles. The Morgan fingerprint density at radius 2 is 1.72 bits per heavy atom. The van der Waals surface area contributed by atoms with Gasteiger partial charge in [0.1, 0.15) is 0 Å². The van der Waals surface area contributed by atoms with Crippen molar-refractivity contribution < 1.29 is 18.4 Å². The maximum absolute atomic E-state index is 10.9. The smallest absolute Gasteiger partial charge is 0.406 e. The van der Waals surface area contributed by atoms with Gasteiger partial charge in [-0.3, -0.25) is 0 Å². The van der Waals surface area contributed by atoms with Gasteiger partial charge >= 0.3 is 14.7 Å². The molecule has 108 valence electrons. The first-order valence-electron chi connectivity index (χ1n) is 6.73. The number of methoxy groups -OCH3 is 1. The molecule has 0 aliphatic heterocycles. The Morgan fingerprint density at radius 3 is 2.17 bits per heavy atom. The Kier molecular flexibility index (Phi) is 10.00. The lowest BCUT2D eigenvalue weighted by Crippen LogP contribution is -2.41. The molecule has 0 bridgehead atoms. The van der Waals surface area contributed by atoms with Crippen molar-refractivity contribution in [3.63, 3.8) is 0 Å². The summed E-state index contributed by atoms with van der Waals surface area (Å²) in [6, 6.07) is 1.95. The summed E-state index contributed by atoms with van der Waals surface area (Å²) < 4.78 is 16.3. The van der Waals surface area contributed by atoms with Gasteiger partial charge in [-0.1, -0.05) is 6.92 Å². The molecule has 6 heteroatoms. The second kappa shape index (κ2) is 10.3. The number of ether oxygens (including phenoxy) is 1. The van der Waals surface area contributed by atoms with Crippen LogP contribution in [0.15, 0.2) is 0 Å². The summed E-state index contributed by atoms with van der Waals surface area (Å²) in [4.78, 5) is 10.9. The number of hydrogen-bond donors (Lipinski definition) is 1. The first-order chi connectivity index (χ1) is 8.64. The van der Waals surface area contributed by atoms with E-state index in [1.807, 2.05) is 13.8 Å². The number of nitrogens with one attached hydrogen (secondary N) is 1. The monoisotopic (exact) mass is 277 g/mol. The molecule has 0 aromatic rings. The zero-order chi connectivity index (χ0) is 13.9. The number of amides is 1. The van der Waals surface area contributed by atoms with E-state index in [1.165, 1.54) is 7.11 Å². The normalized spacial score (nSPS) is 11.3. The van der Waals surface area contributed by atoms with E-state index in [0.717, 1.165) is 24.9 Å². The molecule has 0 rings (SSSR count). The van der Waals surface area contributed by atoms with Crippen LogP contribution in [0.2, 0.25) is 12.1 Å². The number of alkyl carbamates (subject to hydrolysis) is 1. The van der Waals surface area contributed by atoms with Gasteiger partial charge in [-0.15, -0.1) is 0 Å². The number of carbonyl (C=O) groups excluding carboxylic acids is 1. The van der Waals surface area contributed by atoms with E-state index >= 15 is 0 Å². The first kappa shape index (κ1) is 17.4. The number of carbonyl (C=O) groups is 1. The van der Waals surface area contributed by atoms with Gasteiger partial charge in [0.15, 0.2) is 0 Å². The van der Waals surface area contributed by atoms with Gasteiger partial charge in [0.05, 0.1) is 7.11 Å². The number of rotatable bonds is 10. The summed E-state index contributed by atoms with van der Waals surface area (Å²) in [5.74, 6) is 0. The number of hydrogen-bond acceptors (Lipinski definition) is 4. The van der Waals surface area contributed by atoms with Crippen LogP contribution in [-0.2, 0) is 13.6 Å². The highest BCUT2D eigenvalue weighted by Gasteiger charge is 2.34. The van der Waals surface area contributed by atoms with Gasteiger partial charge in [-0.25, -0.2) is 4.79 Å². The number of unbranched alkanes of at least 4 members (excludes halogenated alkanes) is 1. The highest BCUT2D eigenvalue weighted by Crippen LogP contribution is 2.21. The zero-order valence-corrected chi connectivity index (χ0v) is 13.1. The average Bonchev–Trinajstić information content (AvgIpc) is 2.38. The van der Waals surface area contributed by atoms with E-state index in [-0.39, 0.29) is 6.09 Å². The maximum Gasteiger partial charge on any atom is 0.406 e. The highest BCUT2D eigenvalue weighted by atomic mass is 28.4. The third kappa shape index (κ3) is 6.98. The summed E-state index contributed by atoms with van der Waals surface area (Å²) in [7, 11) is -0.629. The molecule has 0 aliphatic rings. The fourth-order valence-electron chi connectivity index (χ4n) is 1.87. The summed E-state index contributed by atoms with van der Waals surface area (Å²) in [6.45, 7) is 8.20. The van der Waals surface area contributed by atoms with Crippen molar-refractivity contribution in [3.8, 4) is 0 Å². The van der Waals surface area contributed by atoms with Gasteiger partial charge < -0.3 is 18.9 Å². The second-order valence-electron chi connectivity index (χ2n) is 4.01. The summed E-state index contributed by atoms with van der Waals surface area (Å²) in [5, 5.41) is 2.67. The van der Waals surface area contributed by atoms with Gasteiger partial charge in [0.2, 0.25) is 0 Å². The molecule has 18 heavy (non-hydrogen) atoms. The van der Waals surface area contributed by atoms with Gasteiger partial charge in [-0.2, -0.15) is 0 Å². The molecule has 0 radical (unpaired) electrons. The third-order valence-electron chi connectivity index (χ3n) is 2.79. The maximum atomic E-state index is 10.9. The fraction of sp³-hybridized carbons (Fsp3) is 0.917. The zero-order valence-electron chi connectivity index (χ0n) is 12.1. The predicted octanol–water partition coefficient (Wildman–Crippen LogP) is 2.66. The van der Waals surface area contributed by atoms with Crippen molar-refractivity contribution in [1.29, 1.82) is 0 Å². The van der Waals surface area contributed by atoms with E-state index in [0.29, 0.717) is 19.8 Å². The van der Waals surface area contributed by atoms with Crippen LogP contribution in [-0.4, -0.2) is 41.5 Å². The fourth-order valence-corrected chi connectivity index (χ4v) is 4.85. The average molecular weight is 277 g/mol. The Balaban J connectivity index is 3.92. The van der Waals surface area contributed by atoms with Crippen molar-refractivity contribution >= 4 is 14.7 Å². The SMILES string of the molecule is CCO[Si](CC)(CCCCNC(=O)OC)OCC. The molecule has 0 saturated carbocycles. The van der Waals surface area contributed by atoms with Crippen molar-refractivity contribution in [2.45, 2.75) is 45.7 Å². The molecule has 0 aromatic heterocycles. The minimum Gasteiger partial charge on any atom is -0.453 e. The molecule has 1 amide bonds. The largest absolute Gasteiger partial charge is 0.453 e. The predicted molar refractivity (Wildman–Crippen MR) is 73.9 cm³/mol. The molecule has 0 atom stereocenters. The van der Waals surface area contributed by atoms with Crippen LogP contribution in [0.3, 0.4) is 0 Å². The summed E-state index contributed by atoms with van der Waals surface area (Å²) in [6.07, 6.45) is 1.55. The summed E-state index contributed by atoms with van der Waals surface area (Å²) >= 11 is 0. The van der Waals surface area contributed by atoms with Crippen LogP contribution in [0.25, 0.3) is 0 Å². The van der Waals surface area contributed by atoms with Gasteiger partial charge in [0.25, 0.3) is 0 Å². The molecular weight excluding hydrogens is 250 g/mol. The molecule has 0 fully saturated rings. The van der Waals surface area contributed by atoms with Crippen LogP contribution >= 0.6 is 0 Å².